The van der Waals surface area contributed by atoms with Gasteiger partial charge in [-0.2, -0.15) is 0 Å². The van der Waals surface area contributed by atoms with Crippen LogP contribution in [0, 0.1) is 11.3 Å². The number of allylic oxidation sites excluding steroid dienone is 2. The zero-order chi connectivity index (χ0) is 11.9. The fraction of sp³-hybridized carbons (Fsp3) is 0.692. The average Bonchev–Trinajstić information content (AvgIpc) is 2.13. The lowest BCUT2D eigenvalue weighted by atomic mass is 9.72. The molecular weight excluding hydrogens is 204 g/mol. The number of ketones is 1. The summed E-state index contributed by atoms with van der Waals surface area (Å²) in [5, 5.41) is 0. The van der Waals surface area contributed by atoms with Crippen LogP contribution in [0.3, 0.4) is 0 Å². The first-order valence-electron chi connectivity index (χ1n) is 5.90. The molecule has 1 atom stereocenters. The van der Waals surface area contributed by atoms with Gasteiger partial charge in [-0.25, -0.2) is 0 Å². The van der Waals surface area contributed by atoms with E-state index in [2.05, 4.69) is 0 Å². The molecular formula is C13H18O3. The molecule has 0 fully saturated rings. The molecule has 2 rings (SSSR count). The summed E-state index contributed by atoms with van der Waals surface area (Å²) in [6.45, 7) is 6.09. The normalized spacial score (nSPS) is 28.8. The molecule has 1 aliphatic heterocycles. The Morgan fingerprint density at radius 2 is 2.00 bits per heavy atom. The van der Waals surface area contributed by atoms with Gasteiger partial charge in [0.15, 0.2) is 5.78 Å². The summed E-state index contributed by atoms with van der Waals surface area (Å²) in [5.41, 5.74) is 0.715. The standard InChI is InChI=1S/C13H18O3/c1-4-8-5-11(15)16-10-7-13(2,3)6-9(14)12(8)10/h8H,4-7H2,1-3H3. The highest BCUT2D eigenvalue weighted by atomic mass is 16.5. The maximum atomic E-state index is 12.1. The van der Waals surface area contributed by atoms with Crippen LogP contribution in [0.2, 0.25) is 0 Å². The minimum atomic E-state index is -0.184. The van der Waals surface area contributed by atoms with Crippen molar-refractivity contribution in [3.63, 3.8) is 0 Å². The van der Waals surface area contributed by atoms with Crippen molar-refractivity contribution < 1.29 is 14.3 Å². The largest absolute Gasteiger partial charge is 0.431 e. The molecule has 0 amide bonds. The van der Waals surface area contributed by atoms with Crippen molar-refractivity contribution in [2.45, 2.75) is 46.5 Å². The van der Waals surface area contributed by atoms with E-state index in [0.717, 1.165) is 12.0 Å². The van der Waals surface area contributed by atoms with Gasteiger partial charge in [-0.05, 0) is 11.8 Å². The van der Waals surface area contributed by atoms with Crippen molar-refractivity contribution in [1.82, 2.24) is 0 Å². The number of rotatable bonds is 1. The minimum Gasteiger partial charge on any atom is -0.431 e. The number of ether oxygens (including phenoxy) is 1. The van der Waals surface area contributed by atoms with Crippen molar-refractivity contribution in [2.24, 2.45) is 11.3 Å². The van der Waals surface area contributed by atoms with Crippen LogP contribution in [0.5, 0.6) is 0 Å². The number of Topliss-reactive ketones (excluding diaryl/α,β-unsaturated/α-hetero) is 1. The summed E-state index contributed by atoms with van der Waals surface area (Å²) < 4.78 is 5.25. The van der Waals surface area contributed by atoms with E-state index in [1.54, 1.807) is 0 Å². The quantitative estimate of drug-likeness (QED) is 0.640. The molecule has 1 unspecified atom stereocenters. The molecule has 0 saturated heterocycles. The Bertz CT molecular complexity index is 377. The highest BCUT2D eigenvalue weighted by Gasteiger charge is 2.40. The van der Waals surface area contributed by atoms with Gasteiger partial charge in [-0.1, -0.05) is 20.8 Å². The molecule has 0 aromatic heterocycles. The Kier molecular flexibility index (Phi) is 2.64. The second kappa shape index (κ2) is 3.72. The van der Waals surface area contributed by atoms with Gasteiger partial charge in [0.05, 0.1) is 6.42 Å². The Morgan fingerprint density at radius 3 is 2.62 bits per heavy atom. The number of hydrogen-bond acceptors (Lipinski definition) is 3. The number of hydrogen-bond donors (Lipinski definition) is 0. The Balaban J connectivity index is 2.40. The molecule has 0 aromatic carbocycles. The third kappa shape index (κ3) is 1.91. The molecule has 0 spiro atoms. The summed E-state index contributed by atoms with van der Waals surface area (Å²) in [6, 6.07) is 0. The molecule has 16 heavy (non-hydrogen) atoms. The third-order valence-electron chi connectivity index (χ3n) is 3.43. The Labute approximate surface area is 95.9 Å². The van der Waals surface area contributed by atoms with Crippen LogP contribution in [0.1, 0.15) is 46.5 Å². The van der Waals surface area contributed by atoms with E-state index in [9.17, 15) is 9.59 Å². The van der Waals surface area contributed by atoms with Crippen LogP contribution < -0.4 is 0 Å². The average molecular weight is 222 g/mol. The second-order valence-electron chi connectivity index (χ2n) is 5.56. The smallest absolute Gasteiger partial charge is 0.311 e. The lowest BCUT2D eigenvalue weighted by Gasteiger charge is -2.36. The monoisotopic (exact) mass is 222 g/mol. The van der Waals surface area contributed by atoms with E-state index in [-0.39, 0.29) is 23.1 Å². The zero-order valence-corrected chi connectivity index (χ0v) is 10.1. The van der Waals surface area contributed by atoms with E-state index >= 15 is 0 Å². The van der Waals surface area contributed by atoms with E-state index < -0.39 is 0 Å². The molecule has 0 bridgehead atoms. The summed E-state index contributed by atoms with van der Waals surface area (Å²) in [7, 11) is 0. The topological polar surface area (TPSA) is 43.4 Å². The molecule has 0 N–H and O–H groups in total. The van der Waals surface area contributed by atoms with Crippen LogP contribution in [-0.2, 0) is 14.3 Å². The summed E-state index contributed by atoms with van der Waals surface area (Å²) >= 11 is 0. The highest BCUT2D eigenvalue weighted by Crippen LogP contribution is 2.43. The van der Waals surface area contributed by atoms with Gasteiger partial charge in [0.1, 0.15) is 5.76 Å². The molecule has 0 aromatic rings. The summed E-state index contributed by atoms with van der Waals surface area (Å²) in [6.07, 6.45) is 2.47. The SMILES string of the molecule is CCC1CC(=O)OC2=C1C(=O)CC(C)(C)C2. The maximum Gasteiger partial charge on any atom is 0.311 e. The van der Waals surface area contributed by atoms with Gasteiger partial charge in [0.25, 0.3) is 0 Å². The number of carbonyl (C=O) groups excluding carboxylic acids is 2. The Hall–Kier alpha value is -1.12. The van der Waals surface area contributed by atoms with Gasteiger partial charge in [-0.15, -0.1) is 0 Å². The number of carbonyl (C=O) groups is 2. The molecule has 0 saturated carbocycles. The fourth-order valence-corrected chi connectivity index (χ4v) is 2.65. The first-order valence-corrected chi connectivity index (χ1v) is 5.90. The molecule has 3 heteroatoms. The second-order valence-corrected chi connectivity index (χ2v) is 5.56. The van der Waals surface area contributed by atoms with Crippen molar-refractivity contribution in [2.75, 3.05) is 0 Å². The molecule has 1 heterocycles. The maximum absolute atomic E-state index is 12.1. The highest BCUT2D eigenvalue weighted by molar-refractivity contribution is 5.99. The lowest BCUT2D eigenvalue weighted by Crippen LogP contribution is -2.34. The van der Waals surface area contributed by atoms with E-state index in [4.69, 9.17) is 4.74 Å². The van der Waals surface area contributed by atoms with Gasteiger partial charge < -0.3 is 4.74 Å². The van der Waals surface area contributed by atoms with E-state index in [1.807, 2.05) is 20.8 Å². The van der Waals surface area contributed by atoms with Crippen LogP contribution in [0.4, 0.5) is 0 Å². The third-order valence-corrected chi connectivity index (χ3v) is 3.43. The summed E-state index contributed by atoms with van der Waals surface area (Å²) in [5.74, 6) is 0.714. The first kappa shape index (κ1) is 11.4. The Morgan fingerprint density at radius 1 is 1.31 bits per heavy atom. The molecule has 0 radical (unpaired) electrons. The first-order chi connectivity index (χ1) is 7.43. The minimum absolute atomic E-state index is 0.0776. The molecule has 1 aliphatic carbocycles. The van der Waals surface area contributed by atoms with Crippen LogP contribution in [0.25, 0.3) is 0 Å². The van der Waals surface area contributed by atoms with E-state index in [1.165, 1.54) is 0 Å². The number of esters is 1. The fourth-order valence-electron chi connectivity index (χ4n) is 2.65. The van der Waals surface area contributed by atoms with Crippen LogP contribution in [0.15, 0.2) is 11.3 Å². The lowest BCUT2D eigenvalue weighted by molar-refractivity contribution is -0.143. The van der Waals surface area contributed by atoms with E-state index in [0.29, 0.717) is 25.0 Å². The van der Waals surface area contributed by atoms with Crippen molar-refractivity contribution >= 4 is 11.8 Å². The molecule has 88 valence electrons. The van der Waals surface area contributed by atoms with Gasteiger partial charge in [-0.3, -0.25) is 9.59 Å². The van der Waals surface area contributed by atoms with Crippen LogP contribution in [-0.4, -0.2) is 11.8 Å². The van der Waals surface area contributed by atoms with Crippen molar-refractivity contribution in [3.8, 4) is 0 Å². The van der Waals surface area contributed by atoms with Gasteiger partial charge in [0, 0.05) is 24.3 Å². The van der Waals surface area contributed by atoms with Crippen LogP contribution >= 0.6 is 0 Å². The zero-order valence-electron chi connectivity index (χ0n) is 10.1. The van der Waals surface area contributed by atoms with Crippen molar-refractivity contribution in [1.29, 1.82) is 0 Å². The van der Waals surface area contributed by atoms with Gasteiger partial charge in [0.2, 0.25) is 0 Å². The van der Waals surface area contributed by atoms with Crippen molar-refractivity contribution in [3.05, 3.63) is 11.3 Å². The molecule has 3 nitrogen and oxygen atoms in total. The predicted molar refractivity (Wildman–Crippen MR) is 59.5 cm³/mol. The van der Waals surface area contributed by atoms with Gasteiger partial charge >= 0.3 is 5.97 Å². The predicted octanol–water partition coefficient (Wildman–Crippen LogP) is 2.60. The summed E-state index contributed by atoms with van der Waals surface area (Å²) in [4.78, 5) is 23.5. The molecule has 2 aliphatic rings.